The van der Waals surface area contributed by atoms with E-state index < -0.39 is 5.54 Å². The van der Waals surface area contributed by atoms with Crippen LogP contribution < -0.4 is 10.5 Å². The monoisotopic (exact) mass is 389 g/mol. The quantitative estimate of drug-likeness (QED) is 0.791. The first-order valence-electron chi connectivity index (χ1n) is 6.44. The van der Waals surface area contributed by atoms with Gasteiger partial charge in [0, 0.05) is 11.9 Å². The molecule has 2 aromatic heterocycles. The lowest BCUT2D eigenvalue weighted by atomic mass is 10.1. The summed E-state index contributed by atoms with van der Waals surface area (Å²) in [5.41, 5.74) is -0.0104. The Morgan fingerprint density at radius 3 is 2.62 bits per heavy atom. The van der Waals surface area contributed by atoms with E-state index in [4.69, 9.17) is 11.6 Å². The van der Waals surface area contributed by atoms with Gasteiger partial charge in [0.25, 0.3) is 5.56 Å². The van der Waals surface area contributed by atoms with E-state index in [2.05, 4.69) is 21.0 Å². The van der Waals surface area contributed by atoms with Gasteiger partial charge in [-0.25, -0.2) is 4.68 Å². The number of rotatable bonds is 3. The first-order valence-corrected chi connectivity index (χ1v) is 8.42. The van der Waals surface area contributed by atoms with Crippen LogP contribution in [0.2, 0.25) is 5.02 Å². The van der Waals surface area contributed by atoms with E-state index in [1.165, 1.54) is 9.56 Å². The standard InChI is InChI=1S/C14H17BrClN3OS/c1-14(2,3)19-13(20)12(16)10(7-17-19)18(4)8-9-5-6-11(15)21-9/h5-7H,8H2,1-4H3. The zero-order valence-electron chi connectivity index (χ0n) is 12.4. The van der Waals surface area contributed by atoms with Crippen LogP contribution in [0.1, 0.15) is 25.6 Å². The van der Waals surface area contributed by atoms with Gasteiger partial charge in [0.15, 0.2) is 0 Å². The molecule has 0 aliphatic carbocycles. The Hall–Kier alpha value is -0.850. The number of hydrogen-bond donors (Lipinski definition) is 0. The molecule has 114 valence electrons. The summed E-state index contributed by atoms with van der Waals surface area (Å²) in [6, 6.07) is 4.05. The summed E-state index contributed by atoms with van der Waals surface area (Å²) in [7, 11) is 1.90. The summed E-state index contributed by atoms with van der Waals surface area (Å²) in [5, 5.41) is 4.46. The summed E-state index contributed by atoms with van der Waals surface area (Å²) in [4.78, 5) is 15.4. The number of aromatic nitrogens is 2. The smallest absolute Gasteiger partial charge is 0.288 e. The SMILES string of the molecule is CN(Cc1ccc(Br)s1)c1cnn(C(C)(C)C)c(=O)c1Cl. The molecular weight excluding hydrogens is 374 g/mol. The Balaban J connectivity index is 2.32. The van der Waals surface area contributed by atoms with Crippen LogP contribution in [0.5, 0.6) is 0 Å². The predicted molar refractivity (Wildman–Crippen MR) is 92.6 cm³/mol. The van der Waals surface area contributed by atoms with Crippen LogP contribution in [-0.4, -0.2) is 16.8 Å². The summed E-state index contributed by atoms with van der Waals surface area (Å²) < 4.78 is 2.49. The van der Waals surface area contributed by atoms with Crippen molar-refractivity contribution in [3.8, 4) is 0 Å². The van der Waals surface area contributed by atoms with Gasteiger partial charge in [-0.3, -0.25) is 4.79 Å². The first kappa shape index (κ1) is 16.5. The van der Waals surface area contributed by atoms with Crippen LogP contribution >= 0.6 is 38.9 Å². The second-order valence-corrected chi connectivity index (χ2v) is 8.72. The van der Waals surface area contributed by atoms with Crippen molar-refractivity contribution in [1.82, 2.24) is 9.78 Å². The molecule has 0 bridgehead atoms. The highest BCUT2D eigenvalue weighted by Gasteiger charge is 2.20. The van der Waals surface area contributed by atoms with Crippen molar-refractivity contribution in [2.45, 2.75) is 32.9 Å². The highest BCUT2D eigenvalue weighted by atomic mass is 79.9. The minimum Gasteiger partial charge on any atom is -0.367 e. The maximum atomic E-state index is 12.3. The average Bonchev–Trinajstić information content (AvgIpc) is 2.76. The molecule has 4 nitrogen and oxygen atoms in total. The highest BCUT2D eigenvalue weighted by molar-refractivity contribution is 9.11. The third kappa shape index (κ3) is 3.67. The minimum absolute atomic E-state index is 0.207. The molecule has 0 fully saturated rings. The molecule has 0 unspecified atom stereocenters. The van der Waals surface area contributed by atoms with Crippen LogP contribution in [0.25, 0.3) is 0 Å². The van der Waals surface area contributed by atoms with Gasteiger partial charge in [0.05, 0.1) is 27.8 Å². The van der Waals surface area contributed by atoms with Gasteiger partial charge in [-0.2, -0.15) is 5.10 Å². The minimum atomic E-state index is -0.392. The molecular formula is C14H17BrClN3OS. The predicted octanol–water partition coefficient (Wildman–Crippen LogP) is 4.11. The van der Waals surface area contributed by atoms with Crippen molar-refractivity contribution < 1.29 is 0 Å². The molecule has 0 saturated heterocycles. The van der Waals surface area contributed by atoms with Crippen LogP contribution in [0, 0.1) is 0 Å². The third-order valence-electron chi connectivity index (χ3n) is 2.97. The van der Waals surface area contributed by atoms with Gasteiger partial charge in [-0.15, -0.1) is 11.3 Å². The van der Waals surface area contributed by atoms with Gasteiger partial charge in [-0.1, -0.05) is 11.6 Å². The molecule has 2 heterocycles. The lowest BCUT2D eigenvalue weighted by Crippen LogP contribution is -2.37. The van der Waals surface area contributed by atoms with E-state index in [0.717, 1.165) is 3.79 Å². The van der Waals surface area contributed by atoms with Crippen molar-refractivity contribution in [3.63, 3.8) is 0 Å². The third-order valence-corrected chi connectivity index (χ3v) is 4.93. The maximum absolute atomic E-state index is 12.3. The van der Waals surface area contributed by atoms with Gasteiger partial charge >= 0.3 is 0 Å². The van der Waals surface area contributed by atoms with E-state index in [1.807, 2.05) is 44.9 Å². The summed E-state index contributed by atoms with van der Waals surface area (Å²) in [6.45, 7) is 6.44. The summed E-state index contributed by atoms with van der Waals surface area (Å²) in [6.07, 6.45) is 1.65. The lowest BCUT2D eigenvalue weighted by Gasteiger charge is -2.24. The maximum Gasteiger partial charge on any atom is 0.288 e. The second kappa shape index (κ2) is 6.10. The topological polar surface area (TPSA) is 38.1 Å². The first-order chi connectivity index (χ1) is 9.70. The van der Waals surface area contributed by atoms with Crippen molar-refractivity contribution in [3.05, 3.63) is 42.4 Å². The van der Waals surface area contributed by atoms with E-state index in [1.54, 1.807) is 17.5 Å². The lowest BCUT2D eigenvalue weighted by molar-refractivity contribution is 0.338. The zero-order valence-corrected chi connectivity index (χ0v) is 15.5. The van der Waals surface area contributed by atoms with Gasteiger partial charge in [0.1, 0.15) is 5.02 Å². The van der Waals surface area contributed by atoms with Gasteiger partial charge in [-0.05, 0) is 48.8 Å². The Bertz CT molecular complexity index is 705. The van der Waals surface area contributed by atoms with E-state index >= 15 is 0 Å². The molecule has 0 aliphatic heterocycles. The molecule has 2 aromatic rings. The molecule has 0 aromatic carbocycles. The molecule has 0 radical (unpaired) electrons. The second-order valence-electron chi connectivity index (χ2n) is 5.79. The molecule has 0 atom stereocenters. The number of hydrogen-bond acceptors (Lipinski definition) is 4. The van der Waals surface area contributed by atoms with Crippen LogP contribution in [0.15, 0.2) is 26.9 Å². The number of thiophene rings is 1. The Morgan fingerprint density at radius 1 is 1.43 bits per heavy atom. The molecule has 0 N–H and O–H groups in total. The summed E-state index contributed by atoms with van der Waals surface area (Å²) >= 11 is 11.4. The average molecular weight is 391 g/mol. The normalized spacial score (nSPS) is 11.7. The number of halogens is 2. The molecule has 0 aliphatic rings. The number of nitrogens with zero attached hydrogens (tertiary/aromatic N) is 3. The van der Waals surface area contributed by atoms with Crippen molar-refractivity contribution in [2.24, 2.45) is 0 Å². The molecule has 0 saturated carbocycles. The van der Waals surface area contributed by atoms with E-state index in [9.17, 15) is 4.79 Å². The van der Waals surface area contributed by atoms with Crippen LogP contribution in [0.4, 0.5) is 5.69 Å². The Kier molecular flexibility index (Phi) is 4.80. The Morgan fingerprint density at radius 2 is 2.10 bits per heavy atom. The molecule has 0 spiro atoms. The molecule has 21 heavy (non-hydrogen) atoms. The fraction of sp³-hybridized carbons (Fsp3) is 0.429. The number of anilines is 1. The largest absolute Gasteiger partial charge is 0.367 e. The fourth-order valence-electron chi connectivity index (χ4n) is 1.92. The van der Waals surface area contributed by atoms with Gasteiger partial charge in [0.2, 0.25) is 0 Å². The van der Waals surface area contributed by atoms with Crippen LogP contribution in [0.3, 0.4) is 0 Å². The molecule has 2 rings (SSSR count). The van der Waals surface area contributed by atoms with Crippen LogP contribution in [-0.2, 0) is 12.1 Å². The summed E-state index contributed by atoms with van der Waals surface area (Å²) in [5.74, 6) is 0. The van der Waals surface area contributed by atoms with Crippen molar-refractivity contribution in [1.29, 1.82) is 0 Å². The molecule has 0 amide bonds. The van der Waals surface area contributed by atoms with Crippen molar-refractivity contribution in [2.75, 3.05) is 11.9 Å². The highest BCUT2D eigenvalue weighted by Crippen LogP contribution is 2.27. The molecule has 7 heteroatoms. The Labute approximate surface area is 141 Å². The van der Waals surface area contributed by atoms with Gasteiger partial charge < -0.3 is 4.90 Å². The zero-order chi connectivity index (χ0) is 15.8. The van der Waals surface area contributed by atoms with E-state index in [0.29, 0.717) is 12.2 Å². The fourth-order valence-corrected chi connectivity index (χ4v) is 3.73. The van der Waals surface area contributed by atoms with Crippen molar-refractivity contribution >= 4 is 44.6 Å². The van der Waals surface area contributed by atoms with E-state index in [-0.39, 0.29) is 10.6 Å².